The zero-order chi connectivity index (χ0) is 10.8. The standard InChI is InChI=1S/C11H22F2/c1-7(2)9(5)11(12,13)10(6)8(3)4/h7-10H,1-6H3. The van der Waals surface area contributed by atoms with Gasteiger partial charge in [-0.15, -0.1) is 0 Å². The van der Waals surface area contributed by atoms with Gasteiger partial charge >= 0.3 is 0 Å². The van der Waals surface area contributed by atoms with Gasteiger partial charge < -0.3 is 0 Å². The number of alkyl halides is 2. The van der Waals surface area contributed by atoms with Crippen LogP contribution in [0.5, 0.6) is 0 Å². The molecule has 0 amide bonds. The van der Waals surface area contributed by atoms with Crippen molar-refractivity contribution < 1.29 is 8.78 Å². The number of halogens is 2. The molecule has 0 aliphatic carbocycles. The third kappa shape index (κ3) is 2.92. The van der Waals surface area contributed by atoms with E-state index in [1.807, 2.05) is 27.7 Å². The van der Waals surface area contributed by atoms with Gasteiger partial charge in [-0.1, -0.05) is 41.5 Å². The van der Waals surface area contributed by atoms with Gasteiger partial charge in [-0.3, -0.25) is 0 Å². The predicted octanol–water partition coefficient (Wildman–Crippen LogP) is 4.21. The third-order valence-electron chi connectivity index (χ3n) is 3.21. The molecule has 0 aliphatic heterocycles. The van der Waals surface area contributed by atoms with Gasteiger partial charge in [0.25, 0.3) is 5.92 Å². The molecule has 0 rings (SSSR count). The van der Waals surface area contributed by atoms with E-state index in [0.29, 0.717) is 0 Å². The van der Waals surface area contributed by atoms with Crippen LogP contribution >= 0.6 is 0 Å². The minimum atomic E-state index is -2.54. The Morgan fingerprint density at radius 3 is 1.08 bits per heavy atom. The molecule has 0 fully saturated rings. The molecule has 2 unspecified atom stereocenters. The molecular weight excluding hydrogens is 170 g/mol. The van der Waals surface area contributed by atoms with Crippen LogP contribution in [0.1, 0.15) is 41.5 Å². The van der Waals surface area contributed by atoms with Gasteiger partial charge in [0, 0.05) is 11.8 Å². The normalized spacial score (nSPS) is 18.0. The molecule has 80 valence electrons. The fraction of sp³-hybridized carbons (Fsp3) is 1.00. The van der Waals surface area contributed by atoms with Gasteiger partial charge in [0.2, 0.25) is 0 Å². The Kier molecular flexibility index (Phi) is 4.34. The highest BCUT2D eigenvalue weighted by Gasteiger charge is 2.44. The smallest absolute Gasteiger partial charge is 0.206 e. The van der Waals surface area contributed by atoms with E-state index in [1.54, 1.807) is 13.8 Å². The van der Waals surface area contributed by atoms with Crippen LogP contribution < -0.4 is 0 Å². The molecule has 0 saturated carbocycles. The molecule has 0 aromatic rings. The Hall–Kier alpha value is -0.140. The summed E-state index contributed by atoms with van der Waals surface area (Å²) in [4.78, 5) is 0. The van der Waals surface area contributed by atoms with E-state index in [-0.39, 0.29) is 11.8 Å². The lowest BCUT2D eigenvalue weighted by Crippen LogP contribution is -2.38. The minimum absolute atomic E-state index is 0.0381. The SMILES string of the molecule is CC(C)C(C)C(F)(F)C(C)C(C)C. The summed E-state index contributed by atoms with van der Waals surface area (Å²) >= 11 is 0. The molecule has 0 N–H and O–H groups in total. The molecule has 0 nitrogen and oxygen atoms in total. The molecule has 2 atom stereocenters. The van der Waals surface area contributed by atoms with Crippen molar-refractivity contribution in [1.29, 1.82) is 0 Å². The predicted molar refractivity (Wildman–Crippen MR) is 53.0 cm³/mol. The van der Waals surface area contributed by atoms with Gasteiger partial charge in [-0.05, 0) is 11.8 Å². The third-order valence-corrected chi connectivity index (χ3v) is 3.21. The van der Waals surface area contributed by atoms with E-state index in [4.69, 9.17) is 0 Å². The molecule has 0 radical (unpaired) electrons. The highest BCUT2D eigenvalue weighted by molar-refractivity contribution is 4.82. The van der Waals surface area contributed by atoms with Crippen molar-refractivity contribution in [3.05, 3.63) is 0 Å². The summed E-state index contributed by atoms with van der Waals surface area (Å²) in [5.74, 6) is -3.54. The van der Waals surface area contributed by atoms with Crippen LogP contribution in [0.2, 0.25) is 0 Å². The van der Waals surface area contributed by atoms with Crippen LogP contribution in [0.15, 0.2) is 0 Å². The Bertz CT molecular complexity index is 134. The topological polar surface area (TPSA) is 0 Å². The maximum atomic E-state index is 13.7. The van der Waals surface area contributed by atoms with Crippen molar-refractivity contribution in [3.63, 3.8) is 0 Å². The molecule has 0 aromatic heterocycles. The van der Waals surface area contributed by atoms with Crippen LogP contribution in [-0.4, -0.2) is 5.92 Å². The fourth-order valence-electron chi connectivity index (χ4n) is 1.30. The molecule has 0 heterocycles. The highest BCUT2D eigenvalue weighted by atomic mass is 19.3. The maximum absolute atomic E-state index is 13.7. The van der Waals surface area contributed by atoms with E-state index in [0.717, 1.165) is 0 Å². The van der Waals surface area contributed by atoms with Crippen LogP contribution in [0.25, 0.3) is 0 Å². The second-order valence-corrected chi connectivity index (χ2v) is 4.74. The van der Waals surface area contributed by atoms with Crippen LogP contribution in [0.3, 0.4) is 0 Å². The average molecular weight is 192 g/mol. The largest absolute Gasteiger partial charge is 0.253 e. The monoisotopic (exact) mass is 192 g/mol. The second kappa shape index (κ2) is 4.39. The molecule has 0 saturated heterocycles. The lowest BCUT2D eigenvalue weighted by atomic mass is 9.80. The summed E-state index contributed by atoms with van der Waals surface area (Å²) in [6.45, 7) is 10.7. The summed E-state index contributed by atoms with van der Waals surface area (Å²) in [6.07, 6.45) is 0. The highest BCUT2D eigenvalue weighted by Crippen LogP contribution is 2.39. The fourth-order valence-corrected chi connectivity index (χ4v) is 1.30. The van der Waals surface area contributed by atoms with Gasteiger partial charge in [0.05, 0.1) is 0 Å². The number of hydrogen-bond acceptors (Lipinski definition) is 0. The average Bonchev–Trinajstić information content (AvgIpc) is 2.01. The minimum Gasteiger partial charge on any atom is -0.206 e. The summed E-state index contributed by atoms with van der Waals surface area (Å²) in [7, 11) is 0. The van der Waals surface area contributed by atoms with E-state index in [2.05, 4.69) is 0 Å². The molecule has 2 heteroatoms. The molecule has 13 heavy (non-hydrogen) atoms. The van der Waals surface area contributed by atoms with E-state index >= 15 is 0 Å². The Morgan fingerprint density at radius 1 is 0.692 bits per heavy atom. The maximum Gasteiger partial charge on any atom is 0.253 e. The van der Waals surface area contributed by atoms with Crippen molar-refractivity contribution >= 4 is 0 Å². The van der Waals surface area contributed by atoms with Crippen molar-refractivity contribution in [2.75, 3.05) is 0 Å². The molecule has 0 aliphatic rings. The lowest BCUT2D eigenvalue weighted by molar-refractivity contribution is -0.123. The van der Waals surface area contributed by atoms with Crippen LogP contribution in [-0.2, 0) is 0 Å². The molecule has 0 aromatic carbocycles. The molecule has 0 spiro atoms. The first kappa shape index (κ1) is 12.9. The van der Waals surface area contributed by atoms with Gasteiger partial charge in [-0.2, -0.15) is 0 Å². The summed E-state index contributed by atoms with van der Waals surface area (Å²) in [6, 6.07) is 0. The first-order chi connectivity index (χ1) is 5.71. The van der Waals surface area contributed by atoms with Crippen molar-refractivity contribution in [3.8, 4) is 0 Å². The van der Waals surface area contributed by atoms with E-state index < -0.39 is 17.8 Å². The zero-order valence-electron chi connectivity index (χ0n) is 9.57. The lowest BCUT2D eigenvalue weighted by Gasteiger charge is -2.33. The van der Waals surface area contributed by atoms with Crippen LogP contribution in [0, 0.1) is 23.7 Å². The molecular formula is C11H22F2. The van der Waals surface area contributed by atoms with E-state index in [9.17, 15) is 8.78 Å². The molecule has 0 bridgehead atoms. The van der Waals surface area contributed by atoms with Gasteiger partial charge in [0.15, 0.2) is 0 Å². The Balaban J connectivity index is 4.54. The second-order valence-electron chi connectivity index (χ2n) is 4.74. The number of hydrogen-bond donors (Lipinski definition) is 0. The summed E-state index contributed by atoms with van der Waals surface area (Å²) in [5, 5.41) is 0. The Morgan fingerprint density at radius 2 is 0.923 bits per heavy atom. The number of rotatable bonds is 4. The van der Waals surface area contributed by atoms with Crippen molar-refractivity contribution in [1.82, 2.24) is 0 Å². The summed E-state index contributed by atoms with van der Waals surface area (Å²) < 4.78 is 27.4. The summed E-state index contributed by atoms with van der Waals surface area (Å²) in [5.41, 5.74) is 0. The van der Waals surface area contributed by atoms with Gasteiger partial charge in [-0.25, -0.2) is 8.78 Å². The first-order valence-electron chi connectivity index (χ1n) is 5.09. The van der Waals surface area contributed by atoms with Crippen LogP contribution in [0.4, 0.5) is 8.78 Å². The first-order valence-corrected chi connectivity index (χ1v) is 5.09. The Labute approximate surface area is 80.7 Å². The van der Waals surface area contributed by atoms with Gasteiger partial charge in [0.1, 0.15) is 0 Å². The van der Waals surface area contributed by atoms with E-state index in [1.165, 1.54) is 0 Å². The van der Waals surface area contributed by atoms with Crippen molar-refractivity contribution in [2.45, 2.75) is 47.5 Å². The zero-order valence-corrected chi connectivity index (χ0v) is 9.57. The quantitative estimate of drug-likeness (QED) is 0.626. The van der Waals surface area contributed by atoms with Crippen molar-refractivity contribution in [2.24, 2.45) is 23.7 Å².